The molecular weight excluding hydrogens is 288 g/mol. The minimum Gasteiger partial charge on any atom is -0.507 e. The number of carbonyl (C=O) groups excluding carboxylic acids is 1. The zero-order chi connectivity index (χ0) is 14.8. The molecule has 0 aliphatic carbocycles. The lowest BCUT2D eigenvalue weighted by atomic mass is 10.1. The van der Waals surface area contributed by atoms with E-state index in [1.54, 1.807) is 24.5 Å². The molecule has 1 aromatic heterocycles. The number of hydrogen-bond acceptors (Lipinski definition) is 3. The SMILES string of the molecule is O=C(Nc1cccc2cnccc12)c1ccc(Cl)cc1O. The molecule has 3 rings (SSSR count). The van der Waals surface area contributed by atoms with Crippen LogP contribution in [0.3, 0.4) is 0 Å². The number of nitrogens with zero attached hydrogens (tertiary/aromatic N) is 1. The number of carbonyl (C=O) groups is 1. The molecule has 21 heavy (non-hydrogen) atoms. The van der Waals surface area contributed by atoms with Crippen molar-refractivity contribution in [1.82, 2.24) is 4.98 Å². The van der Waals surface area contributed by atoms with Crippen LogP contribution in [0.25, 0.3) is 10.8 Å². The van der Waals surface area contributed by atoms with Gasteiger partial charge in [0.2, 0.25) is 0 Å². The maximum absolute atomic E-state index is 12.3. The number of amides is 1. The van der Waals surface area contributed by atoms with Crippen molar-refractivity contribution in [3.05, 3.63) is 65.4 Å². The third kappa shape index (κ3) is 2.66. The molecule has 2 N–H and O–H groups in total. The number of aromatic nitrogens is 1. The maximum atomic E-state index is 12.3. The summed E-state index contributed by atoms with van der Waals surface area (Å²) in [5.74, 6) is -0.546. The van der Waals surface area contributed by atoms with Gasteiger partial charge < -0.3 is 10.4 Å². The molecule has 1 heterocycles. The fraction of sp³-hybridized carbons (Fsp3) is 0. The topological polar surface area (TPSA) is 62.2 Å². The fourth-order valence-corrected chi connectivity index (χ4v) is 2.28. The second kappa shape index (κ2) is 5.42. The molecule has 0 radical (unpaired) electrons. The number of aromatic hydroxyl groups is 1. The van der Waals surface area contributed by atoms with Crippen molar-refractivity contribution in [2.75, 3.05) is 5.32 Å². The lowest BCUT2D eigenvalue weighted by Crippen LogP contribution is -2.12. The summed E-state index contributed by atoms with van der Waals surface area (Å²) in [5, 5.41) is 14.8. The van der Waals surface area contributed by atoms with Crippen LogP contribution in [0.15, 0.2) is 54.9 Å². The number of nitrogens with one attached hydrogen (secondary N) is 1. The zero-order valence-electron chi connectivity index (χ0n) is 10.9. The van der Waals surface area contributed by atoms with Crippen LogP contribution < -0.4 is 5.32 Å². The number of phenolic OH excluding ortho intramolecular Hbond substituents is 1. The molecule has 0 bridgehead atoms. The molecule has 1 amide bonds. The highest BCUT2D eigenvalue weighted by Gasteiger charge is 2.12. The van der Waals surface area contributed by atoms with Crippen LogP contribution >= 0.6 is 11.6 Å². The van der Waals surface area contributed by atoms with Crippen molar-refractivity contribution < 1.29 is 9.90 Å². The minimum atomic E-state index is -0.395. The van der Waals surface area contributed by atoms with E-state index in [9.17, 15) is 9.90 Å². The second-order valence-corrected chi connectivity index (χ2v) is 4.95. The van der Waals surface area contributed by atoms with Crippen LogP contribution in [0.2, 0.25) is 5.02 Å². The number of benzene rings is 2. The third-order valence-electron chi connectivity index (χ3n) is 3.13. The first-order valence-electron chi connectivity index (χ1n) is 6.28. The third-order valence-corrected chi connectivity index (χ3v) is 3.37. The van der Waals surface area contributed by atoms with E-state index < -0.39 is 5.91 Å². The van der Waals surface area contributed by atoms with Gasteiger partial charge in [0.15, 0.2) is 0 Å². The van der Waals surface area contributed by atoms with Gasteiger partial charge in [0.1, 0.15) is 5.75 Å². The fourth-order valence-electron chi connectivity index (χ4n) is 2.12. The van der Waals surface area contributed by atoms with E-state index in [0.717, 1.165) is 10.8 Å². The summed E-state index contributed by atoms with van der Waals surface area (Å²) in [6, 6.07) is 11.8. The summed E-state index contributed by atoms with van der Waals surface area (Å²) in [4.78, 5) is 16.3. The monoisotopic (exact) mass is 298 g/mol. The first-order chi connectivity index (χ1) is 10.1. The Kier molecular flexibility index (Phi) is 3.46. The van der Waals surface area contributed by atoms with Gasteiger partial charge in [-0.2, -0.15) is 0 Å². The first kappa shape index (κ1) is 13.4. The van der Waals surface area contributed by atoms with Gasteiger partial charge in [-0.05, 0) is 30.3 Å². The normalized spacial score (nSPS) is 10.5. The predicted octanol–water partition coefficient (Wildman–Crippen LogP) is 3.85. The lowest BCUT2D eigenvalue weighted by molar-refractivity contribution is 0.102. The van der Waals surface area contributed by atoms with Crippen LogP contribution in [0.4, 0.5) is 5.69 Å². The Morgan fingerprint density at radius 3 is 2.86 bits per heavy atom. The van der Waals surface area contributed by atoms with Crippen molar-refractivity contribution >= 4 is 34.0 Å². The molecule has 0 atom stereocenters. The molecule has 0 unspecified atom stereocenters. The summed E-state index contributed by atoms with van der Waals surface area (Å²) < 4.78 is 0. The van der Waals surface area contributed by atoms with Crippen molar-refractivity contribution in [3.8, 4) is 5.75 Å². The first-order valence-corrected chi connectivity index (χ1v) is 6.65. The average molecular weight is 299 g/mol. The van der Waals surface area contributed by atoms with Gasteiger partial charge in [0.05, 0.1) is 5.56 Å². The number of rotatable bonds is 2. The van der Waals surface area contributed by atoms with Gasteiger partial charge in [0.25, 0.3) is 5.91 Å². The lowest BCUT2D eigenvalue weighted by Gasteiger charge is -2.09. The van der Waals surface area contributed by atoms with Gasteiger partial charge in [-0.3, -0.25) is 9.78 Å². The molecular formula is C16H11ClN2O2. The Balaban J connectivity index is 1.97. The molecule has 0 fully saturated rings. The molecule has 2 aromatic carbocycles. The van der Waals surface area contributed by atoms with E-state index in [2.05, 4.69) is 10.3 Å². The Morgan fingerprint density at radius 1 is 1.19 bits per heavy atom. The van der Waals surface area contributed by atoms with E-state index in [1.807, 2.05) is 18.2 Å². The second-order valence-electron chi connectivity index (χ2n) is 4.52. The van der Waals surface area contributed by atoms with E-state index in [0.29, 0.717) is 10.7 Å². The number of halogens is 1. The van der Waals surface area contributed by atoms with Gasteiger partial charge >= 0.3 is 0 Å². The Morgan fingerprint density at radius 2 is 2.05 bits per heavy atom. The highest BCUT2D eigenvalue weighted by atomic mass is 35.5. The number of fused-ring (bicyclic) bond motifs is 1. The number of phenols is 1. The van der Waals surface area contributed by atoms with Crippen LogP contribution in [0, 0.1) is 0 Å². The van der Waals surface area contributed by atoms with Gasteiger partial charge in [-0.25, -0.2) is 0 Å². The van der Waals surface area contributed by atoms with Crippen molar-refractivity contribution in [3.63, 3.8) is 0 Å². The van der Waals surface area contributed by atoms with Crippen LogP contribution in [0.5, 0.6) is 5.75 Å². The largest absolute Gasteiger partial charge is 0.507 e. The quantitative estimate of drug-likeness (QED) is 0.755. The molecule has 0 saturated heterocycles. The van der Waals surface area contributed by atoms with Crippen LogP contribution in [-0.4, -0.2) is 16.0 Å². The standard InChI is InChI=1S/C16H11ClN2O2/c17-11-4-5-13(15(20)8-11)16(21)19-14-3-1-2-10-9-18-7-6-12(10)14/h1-9,20H,(H,19,21). The van der Waals surface area contributed by atoms with E-state index in [-0.39, 0.29) is 11.3 Å². The number of pyridine rings is 1. The summed E-state index contributed by atoms with van der Waals surface area (Å²) >= 11 is 5.76. The molecule has 4 nitrogen and oxygen atoms in total. The Labute approximate surface area is 126 Å². The van der Waals surface area contributed by atoms with E-state index >= 15 is 0 Å². The molecule has 0 saturated carbocycles. The van der Waals surface area contributed by atoms with E-state index in [1.165, 1.54) is 12.1 Å². The van der Waals surface area contributed by atoms with Gasteiger partial charge in [-0.15, -0.1) is 0 Å². The average Bonchev–Trinajstić information content (AvgIpc) is 2.47. The van der Waals surface area contributed by atoms with Gasteiger partial charge in [0, 0.05) is 33.9 Å². The summed E-state index contributed by atoms with van der Waals surface area (Å²) in [5.41, 5.74) is 0.833. The Hall–Kier alpha value is -2.59. The minimum absolute atomic E-state index is 0.151. The smallest absolute Gasteiger partial charge is 0.259 e. The highest BCUT2D eigenvalue weighted by molar-refractivity contribution is 6.31. The van der Waals surface area contributed by atoms with Crippen LogP contribution in [-0.2, 0) is 0 Å². The Bertz CT molecular complexity index is 828. The summed E-state index contributed by atoms with van der Waals surface area (Å²) in [7, 11) is 0. The molecule has 0 aliphatic rings. The van der Waals surface area contributed by atoms with Gasteiger partial charge in [-0.1, -0.05) is 23.7 Å². The summed E-state index contributed by atoms with van der Waals surface area (Å²) in [6.45, 7) is 0. The summed E-state index contributed by atoms with van der Waals surface area (Å²) in [6.07, 6.45) is 3.39. The molecule has 5 heteroatoms. The van der Waals surface area contributed by atoms with Crippen molar-refractivity contribution in [2.45, 2.75) is 0 Å². The van der Waals surface area contributed by atoms with E-state index in [4.69, 9.17) is 11.6 Å². The molecule has 0 aliphatic heterocycles. The van der Waals surface area contributed by atoms with Crippen molar-refractivity contribution in [1.29, 1.82) is 0 Å². The van der Waals surface area contributed by atoms with Crippen molar-refractivity contribution in [2.24, 2.45) is 0 Å². The zero-order valence-corrected chi connectivity index (χ0v) is 11.6. The maximum Gasteiger partial charge on any atom is 0.259 e. The number of anilines is 1. The predicted molar refractivity (Wildman–Crippen MR) is 82.8 cm³/mol. The molecule has 0 spiro atoms. The highest BCUT2D eigenvalue weighted by Crippen LogP contribution is 2.26. The molecule has 3 aromatic rings. The van der Waals surface area contributed by atoms with Crippen LogP contribution in [0.1, 0.15) is 10.4 Å². The molecule has 104 valence electrons. The number of hydrogen-bond donors (Lipinski definition) is 2.